The van der Waals surface area contributed by atoms with E-state index in [1.165, 1.54) is 0 Å². The molecule has 32 heavy (non-hydrogen) atoms. The van der Waals surface area contributed by atoms with Crippen LogP contribution < -0.4 is 4.74 Å². The summed E-state index contributed by atoms with van der Waals surface area (Å²) in [5, 5.41) is 15.7. The summed E-state index contributed by atoms with van der Waals surface area (Å²) < 4.78 is 7.64. The Labute approximate surface area is 190 Å². The maximum atomic E-state index is 13.0. The van der Waals surface area contributed by atoms with Gasteiger partial charge in [-0.1, -0.05) is 24.3 Å². The number of rotatable bonds is 7. The first-order valence-electron chi connectivity index (χ1n) is 10.1. The van der Waals surface area contributed by atoms with Gasteiger partial charge in [0.05, 0.1) is 22.2 Å². The highest BCUT2D eigenvalue weighted by atomic mass is 32.1. The first kappa shape index (κ1) is 21.3. The van der Waals surface area contributed by atoms with E-state index in [-0.39, 0.29) is 5.91 Å². The van der Waals surface area contributed by atoms with Gasteiger partial charge in [-0.3, -0.25) is 4.79 Å². The highest BCUT2D eigenvalue weighted by molar-refractivity contribution is 7.13. The molecule has 0 fully saturated rings. The van der Waals surface area contributed by atoms with Gasteiger partial charge in [-0.15, -0.1) is 11.3 Å². The lowest BCUT2D eigenvalue weighted by Gasteiger charge is -2.22. The van der Waals surface area contributed by atoms with E-state index in [1.807, 2.05) is 58.7 Å². The monoisotopic (exact) mass is 442 g/mol. The summed E-state index contributed by atoms with van der Waals surface area (Å²) >= 11 is 1.62. The van der Waals surface area contributed by atoms with E-state index < -0.39 is 6.10 Å². The van der Waals surface area contributed by atoms with Crippen LogP contribution in [0.3, 0.4) is 0 Å². The normalized spacial score (nSPS) is 11.5. The molecule has 1 atom stereocenters. The summed E-state index contributed by atoms with van der Waals surface area (Å²) in [6.07, 6.45) is 1.31. The fraction of sp³-hybridized carbons (Fsp3) is 0.160. The second-order valence-corrected chi connectivity index (χ2v) is 8.30. The van der Waals surface area contributed by atoms with Gasteiger partial charge in [0.25, 0.3) is 5.91 Å². The van der Waals surface area contributed by atoms with Gasteiger partial charge in [-0.05, 0) is 54.8 Å². The summed E-state index contributed by atoms with van der Waals surface area (Å²) in [6, 6.07) is 22.7. The van der Waals surface area contributed by atoms with E-state index in [9.17, 15) is 4.79 Å². The molecule has 2 heterocycles. The summed E-state index contributed by atoms with van der Waals surface area (Å²) in [6.45, 7) is 2.13. The average molecular weight is 443 g/mol. The maximum absolute atomic E-state index is 13.0. The Morgan fingerprint density at radius 1 is 1.16 bits per heavy atom. The van der Waals surface area contributed by atoms with Crippen molar-refractivity contribution in [1.29, 1.82) is 5.26 Å². The number of amides is 1. The number of benzene rings is 2. The lowest BCUT2D eigenvalue weighted by atomic mass is 10.2. The van der Waals surface area contributed by atoms with Crippen molar-refractivity contribution in [2.24, 2.45) is 0 Å². The minimum atomic E-state index is -0.665. The zero-order chi connectivity index (χ0) is 22.5. The third kappa shape index (κ3) is 4.71. The Balaban J connectivity index is 1.52. The second kappa shape index (κ2) is 9.50. The summed E-state index contributed by atoms with van der Waals surface area (Å²) in [5.41, 5.74) is 3.33. The smallest absolute Gasteiger partial charge is 0.263 e. The zero-order valence-electron chi connectivity index (χ0n) is 17.8. The van der Waals surface area contributed by atoms with Crippen molar-refractivity contribution in [1.82, 2.24) is 14.7 Å². The van der Waals surface area contributed by atoms with E-state index in [0.717, 1.165) is 21.8 Å². The number of hydrogen-bond donors (Lipinski definition) is 0. The van der Waals surface area contributed by atoms with Crippen molar-refractivity contribution in [2.75, 3.05) is 7.05 Å². The number of carbonyl (C=O) groups is 1. The topological polar surface area (TPSA) is 71.2 Å². The molecule has 0 saturated heterocycles. The van der Waals surface area contributed by atoms with E-state index in [4.69, 9.17) is 15.1 Å². The molecule has 0 saturated carbocycles. The molecular weight excluding hydrogens is 420 g/mol. The third-order valence-corrected chi connectivity index (χ3v) is 5.87. The largest absolute Gasteiger partial charge is 0.481 e. The van der Waals surface area contributed by atoms with Crippen molar-refractivity contribution in [2.45, 2.75) is 19.6 Å². The molecule has 7 heteroatoms. The first-order chi connectivity index (χ1) is 15.5. The quantitative estimate of drug-likeness (QED) is 0.408. The number of para-hydroxylation sites is 1. The number of carbonyl (C=O) groups excluding carboxylic acids is 1. The van der Waals surface area contributed by atoms with Gasteiger partial charge in [0.1, 0.15) is 11.4 Å². The molecule has 0 spiro atoms. The Bertz CT molecular complexity index is 1230. The van der Waals surface area contributed by atoms with Crippen LogP contribution in [-0.2, 0) is 11.3 Å². The van der Waals surface area contributed by atoms with Crippen LogP contribution in [0.25, 0.3) is 16.3 Å². The van der Waals surface area contributed by atoms with E-state index in [1.54, 1.807) is 54.5 Å². The Hall–Kier alpha value is -3.89. The molecule has 0 bridgehead atoms. The Morgan fingerprint density at radius 3 is 2.56 bits per heavy atom. The molecule has 2 aromatic carbocycles. The van der Waals surface area contributed by atoms with Gasteiger partial charge >= 0.3 is 0 Å². The van der Waals surface area contributed by atoms with Crippen LogP contribution in [0.2, 0.25) is 0 Å². The van der Waals surface area contributed by atoms with E-state index in [0.29, 0.717) is 17.9 Å². The molecular formula is C25H22N4O2S. The fourth-order valence-electron chi connectivity index (χ4n) is 3.37. The van der Waals surface area contributed by atoms with Crippen molar-refractivity contribution in [3.05, 3.63) is 89.4 Å². The molecule has 6 nitrogen and oxygen atoms in total. The van der Waals surface area contributed by atoms with Crippen LogP contribution in [0.15, 0.2) is 78.3 Å². The number of ether oxygens (including phenoxy) is 1. The minimum absolute atomic E-state index is 0.140. The molecule has 0 N–H and O–H groups in total. The Kier molecular flexibility index (Phi) is 6.34. The summed E-state index contributed by atoms with van der Waals surface area (Å²) in [4.78, 5) is 15.7. The Morgan fingerprint density at radius 2 is 1.91 bits per heavy atom. The van der Waals surface area contributed by atoms with Crippen molar-refractivity contribution in [3.63, 3.8) is 0 Å². The standard InChI is InChI=1S/C25H22N4O2S/c1-18(31-22-12-10-19(15-26)11-13-22)25(30)28(2)16-20-17-29(21-7-4-3-5-8-21)27-24(20)23-9-6-14-32-23/h3-14,17-18H,16H2,1-2H3. The zero-order valence-corrected chi connectivity index (χ0v) is 18.6. The summed E-state index contributed by atoms with van der Waals surface area (Å²) in [5.74, 6) is 0.411. The summed E-state index contributed by atoms with van der Waals surface area (Å²) in [7, 11) is 1.76. The number of aromatic nitrogens is 2. The molecule has 1 amide bonds. The van der Waals surface area contributed by atoms with Crippen LogP contribution in [-0.4, -0.2) is 33.7 Å². The molecule has 0 aliphatic heterocycles. The second-order valence-electron chi connectivity index (χ2n) is 7.35. The van der Waals surface area contributed by atoms with E-state index >= 15 is 0 Å². The molecule has 1 unspecified atom stereocenters. The first-order valence-corrected chi connectivity index (χ1v) is 11.0. The molecule has 2 aromatic heterocycles. The van der Waals surface area contributed by atoms with Crippen molar-refractivity contribution >= 4 is 17.2 Å². The maximum Gasteiger partial charge on any atom is 0.263 e. The van der Waals surface area contributed by atoms with Crippen LogP contribution in [0.1, 0.15) is 18.1 Å². The third-order valence-electron chi connectivity index (χ3n) is 4.99. The van der Waals surface area contributed by atoms with Crippen molar-refractivity contribution < 1.29 is 9.53 Å². The molecule has 4 rings (SSSR count). The number of likely N-dealkylation sites (N-methyl/N-ethyl adjacent to an activating group) is 1. The van der Waals surface area contributed by atoms with Gasteiger partial charge < -0.3 is 9.64 Å². The lowest BCUT2D eigenvalue weighted by Crippen LogP contribution is -2.37. The molecule has 0 aliphatic carbocycles. The van der Waals surface area contributed by atoms with Crippen molar-refractivity contribution in [3.8, 4) is 28.1 Å². The van der Waals surface area contributed by atoms with Gasteiger partial charge in [0.15, 0.2) is 6.10 Å². The minimum Gasteiger partial charge on any atom is -0.481 e. The van der Waals surface area contributed by atoms with Gasteiger partial charge in [0, 0.05) is 25.4 Å². The number of thiophene rings is 1. The highest BCUT2D eigenvalue weighted by Gasteiger charge is 2.22. The fourth-order valence-corrected chi connectivity index (χ4v) is 4.11. The predicted molar refractivity (Wildman–Crippen MR) is 125 cm³/mol. The van der Waals surface area contributed by atoms with Crippen LogP contribution >= 0.6 is 11.3 Å². The lowest BCUT2D eigenvalue weighted by molar-refractivity contribution is -0.137. The SMILES string of the molecule is CC(Oc1ccc(C#N)cc1)C(=O)N(C)Cc1cn(-c2ccccc2)nc1-c1cccs1. The van der Waals surface area contributed by atoms with Gasteiger partial charge in [0.2, 0.25) is 0 Å². The molecule has 0 aliphatic rings. The van der Waals surface area contributed by atoms with Gasteiger partial charge in [-0.2, -0.15) is 10.4 Å². The van der Waals surface area contributed by atoms with Crippen LogP contribution in [0, 0.1) is 11.3 Å². The predicted octanol–water partition coefficient (Wildman–Crippen LogP) is 4.90. The van der Waals surface area contributed by atoms with E-state index in [2.05, 4.69) is 6.07 Å². The highest BCUT2D eigenvalue weighted by Crippen LogP contribution is 2.28. The number of nitriles is 1. The average Bonchev–Trinajstić information content (AvgIpc) is 3.49. The van der Waals surface area contributed by atoms with Crippen LogP contribution in [0.4, 0.5) is 0 Å². The molecule has 0 radical (unpaired) electrons. The number of nitrogens with zero attached hydrogens (tertiary/aromatic N) is 4. The van der Waals surface area contributed by atoms with Gasteiger partial charge in [-0.25, -0.2) is 4.68 Å². The van der Waals surface area contributed by atoms with Crippen LogP contribution in [0.5, 0.6) is 5.75 Å². The number of hydrogen-bond acceptors (Lipinski definition) is 5. The molecule has 4 aromatic rings. The molecule has 160 valence electrons.